The molecule has 1 heterocycles. The summed E-state index contributed by atoms with van der Waals surface area (Å²) in [4.78, 5) is 14.7. The molecule has 0 aliphatic carbocycles. The van der Waals surface area contributed by atoms with Gasteiger partial charge in [0.25, 0.3) is 5.91 Å². The van der Waals surface area contributed by atoms with Gasteiger partial charge >= 0.3 is 6.18 Å². The third kappa shape index (κ3) is 5.26. The molecule has 3 aromatic carbocycles. The Labute approximate surface area is 212 Å². The molecule has 0 saturated carbocycles. The van der Waals surface area contributed by atoms with E-state index in [1.54, 1.807) is 18.2 Å². The van der Waals surface area contributed by atoms with Crippen LogP contribution in [0.25, 0.3) is 11.1 Å². The molecule has 0 unspecified atom stereocenters. The second-order valence-electron chi connectivity index (χ2n) is 7.97. The lowest BCUT2D eigenvalue weighted by Crippen LogP contribution is -2.37. The van der Waals surface area contributed by atoms with Crippen molar-refractivity contribution in [1.82, 2.24) is 0 Å². The number of anilines is 2. The zero-order valence-electron chi connectivity index (χ0n) is 18.0. The molecular formula is C23H17BrClF3N2O4S. The molecule has 0 aromatic heterocycles. The monoisotopic (exact) mass is 588 g/mol. The highest BCUT2D eigenvalue weighted by Crippen LogP contribution is 2.41. The molecule has 0 radical (unpaired) electrons. The van der Waals surface area contributed by atoms with Crippen molar-refractivity contribution in [2.24, 2.45) is 0 Å². The Morgan fingerprint density at radius 3 is 2.46 bits per heavy atom. The molecule has 1 aliphatic rings. The number of amides is 1. The fourth-order valence-corrected chi connectivity index (χ4v) is 5.57. The minimum Gasteiger partial charge on any atom is -0.506 e. The van der Waals surface area contributed by atoms with E-state index in [2.05, 4.69) is 20.7 Å². The minimum atomic E-state index is -4.54. The van der Waals surface area contributed by atoms with Gasteiger partial charge in [0.2, 0.25) is 10.0 Å². The maximum absolute atomic E-state index is 13.2. The van der Waals surface area contributed by atoms with Crippen LogP contribution >= 0.6 is 27.5 Å². The Hall–Kier alpha value is -2.76. The summed E-state index contributed by atoms with van der Waals surface area (Å²) in [7, 11) is -3.65. The van der Waals surface area contributed by atoms with Gasteiger partial charge in [0.05, 0.1) is 22.5 Å². The van der Waals surface area contributed by atoms with Crippen LogP contribution in [0.2, 0.25) is 5.02 Å². The summed E-state index contributed by atoms with van der Waals surface area (Å²) in [5.41, 5.74) is 1.49. The zero-order valence-corrected chi connectivity index (χ0v) is 21.1. The van der Waals surface area contributed by atoms with Crippen molar-refractivity contribution < 1.29 is 31.5 Å². The van der Waals surface area contributed by atoms with Crippen LogP contribution < -0.4 is 9.62 Å². The number of fused-ring (bicyclic) bond motifs is 1. The Morgan fingerprint density at radius 2 is 1.83 bits per heavy atom. The van der Waals surface area contributed by atoms with E-state index < -0.39 is 21.8 Å². The van der Waals surface area contributed by atoms with Gasteiger partial charge in [0.15, 0.2) is 0 Å². The van der Waals surface area contributed by atoms with Gasteiger partial charge in [-0.3, -0.25) is 9.52 Å². The Balaban J connectivity index is 1.67. The summed E-state index contributed by atoms with van der Waals surface area (Å²) in [6.07, 6.45) is -3.16. The van der Waals surface area contributed by atoms with Gasteiger partial charge in [0, 0.05) is 27.8 Å². The number of phenolic OH excluding ortho intramolecular Hbond substituents is 1. The zero-order chi connectivity index (χ0) is 25.7. The lowest BCUT2D eigenvalue weighted by Gasteiger charge is -2.29. The van der Waals surface area contributed by atoms with Gasteiger partial charge in [-0.25, -0.2) is 8.42 Å². The van der Waals surface area contributed by atoms with Crippen LogP contribution in [-0.4, -0.2) is 32.2 Å². The van der Waals surface area contributed by atoms with Gasteiger partial charge < -0.3 is 10.0 Å². The second kappa shape index (κ2) is 9.03. The average Bonchev–Trinajstić information content (AvgIpc) is 2.73. The molecule has 0 fully saturated rings. The van der Waals surface area contributed by atoms with Crippen molar-refractivity contribution in [3.05, 3.63) is 74.7 Å². The molecule has 0 saturated heterocycles. The number of rotatable bonds is 4. The number of sulfonamides is 1. The summed E-state index contributed by atoms with van der Waals surface area (Å²) in [6.45, 7) is 0.264. The van der Waals surface area contributed by atoms with Crippen molar-refractivity contribution in [2.75, 3.05) is 22.4 Å². The number of hydrogen-bond donors (Lipinski definition) is 2. The molecule has 0 spiro atoms. The molecule has 35 heavy (non-hydrogen) atoms. The maximum atomic E-state index is 13.2. The van der Waals surface area contributed by atoms with Crippen LogP contribution in [0.1, 0.15) is 21.5 Å². The van der Waals surface area contributed by atoms with Crippen LogP contribution in [0.15, 0.2) is 53.0 Å². The normalized spacial score (nSPS) is 14.1. The number of carbonyl (C=O) groups is 1. The highest BCUT2D eigenvalue weighted by Gasteiger charge is 2.32. The van der Waals surface area contributed by atoms with Crippen molar-refractivity contribution >= 4 is 54.8 Å². The predicted octanol–water partition coefficient (Wildman–Crippen LogP) is 6.07. The largest absolute Gasteiger partial charge is 0.506 e. The Bertz CT molecular complexity index is 1440. The fourth-order valence-electron chi connectivity index (χ4n) is 3.88. The first-order chi connectivity index (χ1) is 16.2. The van der Waals surface area contributed by atoms with Crippen LogP contribution in [0.3, 0.4) is 0 Å². The molecule has 12 heteroatoms. The van der Waals surface area contributed by atoms with Crippen LogP contribution in [0.4, 0.5) is 24.5 Å². The van der Waals surface area contributed by atoms with Crippen LogP contribution in [0, 0.1) is 0 Å². The molecule has 1 aliphatic heterocycles. The second-order valence-corrected chi connectivity index (χ2v) is 11.0. The highest BCUT2D eigenvalue weighted by atomic mass is 79.9. The Kier molecular flexibility index (Phi) is 6.54. The molecule has 0 bridgehead atoms. The van der Waals surface area contributed by atoms with Crippen LogP contribution in [-0.2, 0) is 22.6 Å². The fraction of sp³-hybridized carbons (Fsp3) is 0.174. The molecule has 6 nitrogen and oxygen atoms in total. The van der Waals surface area contributed by atoms with E-state index in [1.807, 2.05) is 0 Å². The maximum Gasteiger partial charge on any atom is 0.416 e. The highest BCUT2D eigenvalue weighted by molar-refractivity contribution is 9.10. The summed E-state index contributed by atoms with van der Waals surface area (Å²) in [5.74, 6) is -0.626. The molecule has 2 N–H and O–H groups in total. The number of hydrogen-bond acceptors (Lipinski definition) is 4. The number of alkyl halides is 3. The first-order valence-electron chi connectivity index (χ1n) is 10.1. The molecule has 184 valence electrons. The van der Waals surface area contributed by atoms with E-state index in [9.17, 15) is 31.5 Å². The van der Waals surface area contributed by atoms with Crippen molar-refractivity contribution in [1.29, 1.82) is 0 Å². The molecular weight excluding hydrogens is 573 g/mol. The van der Waals surface area contributed by atoms with Gasteiger partial charge in [-0.05, 0) is 53.9 Å². The van der Waals surface area contributed by atoms with Crippen molar-refractivity contribution in [2.45, 2.75) is 12.6 Å². The number of halogens is 5. The molecule has 3 aromatic rings. The summed E-state index contributed by atoms with van der Waals surface area (Å²) in [6, 6.07) is 10.9. The van der Waals surface area contributed by atoms with Crippen molar-refractivity contribution in [3.8, 4) is 16.9 Å². The van der Waals surface area contributed by atoms with E-state index in [1.165, 1.54) is 23.1 Å². The van der Waals surface area contributed by atoms with E-state index in [0.717, 1.165) is 18.4 Å². The predicted molar refractivity (Wildman–Crippen MR) is 132 cm³/mol. The number of nitrogens with zero attached hydrogens (tertiary/aromatic N) is 1. The van der Waals surface area contributed by atoms with E-state index in [-0.39, 0.29) is 33.4 Å². The van der Waals surface area contributed by atoms with Crippen molar-refractivity contribution in [3.63, 3.8) is 0 Å². The minimum absolute atomic E-state index is 0.0549. The number of benzene rings is 3. The molecule has 0 atom stereocenters. The van der Waals surface area contributed by atoms with E-state index in [0.29, 0.717) is 34.4 Å². The average molecular weight is 590 g/mol. The van der Waals surface area contributed by atoms with E-state index in [4.69, 9.17) is 11.6 Å². The quantitative estimate of drug-likeness (QED) is 0.362. The summed E-state index contributed by atoms with van der Waals surface area (Å²) < 4.78 is 64.8. The lowest BCUT2D eigenvalue weighted by atomic mass is 9.93. The molecule has 4 rings (SSSR count). The SMILES string of the molecule is CS(=O)(=O)Nc1cc(N2CCc3cc(-c4c(Cl)cc(C(F)(F)F)cc4Br)ccc3C2=O)ccc1O. The van der Waals surface area contributed by atoms with Gasteiger partial charge in [0.1, 0.15) is 5.75 Å². The summed E-state index contributed by atoms with van der Waals surface area (Å²) >= 11 is 9.37. The number of carbonyl (C=O) groups excluding carboxylic acids is 1. The number of nitrogens with one attached hydrogen (secondary N) is 1. The Morgan fingerprint density at radius 1 is 1.11 bits per heavy atom. The number of phenols is 1. The van der Waals surface area contributed by atoms with Gasteiger partial charge in [-0.1, -0.05) is 39.7 Å². The topological polar surface area (TPSA) is 86.7 Å². The smallest absolute Gasteiger partial charge is 0.416 e. The third-order valence-corrected chi connectivity index (χ3v) is 6.95. The number of aromatic hydroxyl groups is 1. The molecule has 1 amide bonds. The lowest BCUT2D eigenvalue weighted by molar-refractivity contribution is -0.137. The standard InChI is InChI=1S/C23H17BrClF3N2O4S/c1-35(33,34)29-19-11-15(3-5-20(19)31)30-7-6-12-8-13(2-4-16(12)22(30)32)21-17(24)9-14(10-18(21)25)23(26,27)28/h2-5,8-11,29,31H,6-7H2,1H3. The third-order valence-electron chi connectivity index (χ3n) is 5.43. The van der Waals surface area contributed by atoms with E-state index >= 15 is 0 Å². The van der Waals surface area contributed by atoms with Crippen LogP contribution in [0.5, 0.6) is 5.75 Å². The van der Waals surface area contributed by atoms with Gasteiger partial charge in [-0.2, -0.15) is 13.2 Å². The summed E-state index contributed by atoms with van der Waals surface area (Å²) in [5, 5.41) is 9.88. The first kappa shape index (κ1) is 25.3. The van der Waals surface area contributed by atoms with Gasteiger partial charge in [-0.15, -0.1) is 0 Å². The first-order valence-corrected chi connectivity index (χ1v) is 13.1.